The van der Waals surface area contributed by atoms with Crippen molar-refractivity contribution in [2.75, 3.05) is 0 Å². The molecule has 30 heavy (non-hydrogen) atoms. The number of carbonyl (C=O) groups excluding carboxylic acids is 1. The second-order valence-corrected chi connectivity index (χ2v) is 9.17. The lowest BCUT2D eigenvalue weighted by atomic mass is 9.83. The molecular formula is C25H27BrO4. The van der Waals surface area contributed by atoms with E-state index in [9.17, 15) is 14.7 Å². The highest BCUT2D eigenvalue weighted by molar-refractivity contribution is 9.10. The van der Waals surface area contributed by atoms with Gasteiger partial charge in [0.15, 0.2) is 11.4 Å². The smallest absolute Gasteiger partial charge is 0.347 e. The summed E-state index contributed by atoms with van der Waals surface area (Å²) in [6, 6.07) is 13.0. The Bertz CT molecular complexity index is 938. The Kier molecular flexibility index (Phi) is 7.14. The molecule has 0 unspecified atom stereocenters. The van der Waals surface area contributed by atoms with Crippen LogP contribution in [0.4, 0.5) is 0 Å². The van der Waals surface area contributed by atoms with Gasteiger partial charge >= 0.3 is 5.97 Å². The highest BCUT2D eigenvalue weighted by Crippen LogP contribution is 2.39. The number of carbonyl (C=O) groups is 2. The summed E-state index contributed by atoms with van der Waals surface area (Å²) in [6.07, 6.45) is 9.06. The third kappa shape index (κ3) is 5.60. The molecule has 4 nitrogen and oxygen atoms in total. The molecule has 1 N–H and O–H groups in total. The van der Waals surface area contributed by atoms with E-state index in [1.807, 2.05) is 36.4 Å². The van der Waals surface area contributed by atoms with Gasteiger partial charge in [-0.3, -0.25) is 4.79 Å². The van der Waals surface area contributed by atoms with E-state index in [2.05, 4.69) is 15.9 Å². The molecule has 1 fully saturated rings. The van der Waals surface area contributed by atoms with E-state index >= 15 is 0 Å². The Labute approximate surface area is 186 Å². The number of rotatable bonds is 7. The Balaban J connectivity index is 1.87. The number of halogens is 1. The maximum absolute atomic E-state index is 12.5. The zero-order valence-corrected chi connectivity index (χ0v) is 18.9. The van der Waals surface area contributed by atoms with Crippen molar-refractivity contribution in [1.82, 2.24) is 0 Å². The summed E-state index contributed by atoms with van der Waals surface area (Å²) < 4.78 is 6.84. The van der Waals surface area contributed by atoms with Crippen molar-refractivity contribution in [2.45, 2.75) is 57.5 Å². The van der Waals surface area contributed by atoms with Gasteiger partial charge in [0.25, 0.3) is 0 Å². The Morgan fingerprint density at radius 1 is 1.07 bits per heavy atom. The largest absolute Gasteiger partial charge is 0.478 e. The molecular weight excluding hydrogens is 444 g/mol. The number of ketones is 1. The second kappa shape index (κ2) is 9.61. The molecule has 1 saturated carbocycles. The molecule has 0 atom stereocenters. The lowest BCUT2D eigenvalue weighted by Crippen LogP contribution is -2.38. The van der Waals surface area contributed by atoms with Crippen LogP contribution < -0.4 is 4.74 Å². The molecule has 3 rings (SSSR count). The molecule has 158 valence electrons. The summed E-state index contributed by atoms with van der Waals surface area (Å²) in [7, 11) is 0. The number of ether oxygens (including phenoxy) is 1. The molecule has 2 aromatic rings. The predicted octanol–water partition coefficient (Wildman–Crippen LogP) is 6.63. The first-order valence-electron chi connectivity index (χ1n) is 10.3. The maximum atomic E-state index is 12.5. The van der Waals surface area contributed by atoms with Crippen molar-refractivity contribution < 1.29 is 19.4 Å². The van der Waals surface area contributed by atoms with Crippen LogP contribution in [0, 0.1) is 0 Å². The summed E-state index contributed by atoms with van der Waals surface area (Å²) in [6.45, 7) is 3.12. The Morgan fingerprint density at radius 2 is 1.73 bits per heavy atom. The fourth-order valence-corrected chi connectivity index (χ4v) is 3.96. The van der Waals surface area contributed by atoms with Crippen molar-refractivity contribution in [3.8, 4) is 5.75 Å². The fourth-order valence-electron chi connectivity index (χ4n) is 3.70. The predicted molar refractivity (Wildman–Crippen MR) is 122 cm³/mol. The van der Waals surface area contributed by atoms with Crippen LogP contribution in [0.5, 0.6) is 5.75 Å². The number of allylic oxidation sites excluding steroid dienone is 1. The van der Waals surface area contributed by atoms with E-state index in [4.69, 9.17) is 4.74 Å². The van der Waals surface area contributed by atoms with Gasteiger partial charge in [-0.25, -0.2) is 4.79 Å². The molecule has 0 saturated heterocycles. The van der Waals surface area contributed by atoms with E-state index in [0.717, 1.165) is 41.3 Å². The number of aliphatic carboxylic acids is 1. The van der Waals surface area contributed by atoms with E-state index in [1.165, 1.54) is 6.42 Å². The van der Waals surface area contributed by atoms with Crippen LogP contribution >= 0.6 is 15.9 Å². The number of hydrogen-bond donors (Lipinski definition) is 1. The van der Waals surface area contributed by atoms with Gasteiger partial charge in [-0.1, -0.05) is 47.3 Å². The van der Waals surface area contributed by atoms with Crippen LogP contribution in [0.3, 0.4) is 0 Å². The van der Waals surface area contributed by atoms with Crippen LogP contribution in [0.25, 0.3) is 6.08 Å². The van der Waals surface area contributed by atoms with Crippen molar-refractivity contribution in [2.24, 2.45) is 0 Å². The van der Waals surface area contributed by atoms with Gasteiger partial charge in [0.05, 0.1) is 0 Å². The molecule has 2 aromatic carbocycles. The van der Waals surface area contributed by atoms with Crippen LogP contribution in [-0.2, 0) is 4.79 Å². The van der Waals surface area contributed by atoms with Gasteiger partial charge in [0, 0.05) is 10.0 Å². The van der Waals surface area contributed by atoms with Gasteiger partial charge in [0.1, 0.15) is 5.75 Å². The second-order valence-electron chi connectivity index (χ2n) is 8.25. The standard InChI is InChI=1S/C25H27BrO4/c1-25(2,24(28)29)30-23-15-9-17(16-21(23)18-6-4-3-5-7-18)8-14-22(27)19-10-12-20(26)13-11-19/h8-16,18H,3-7H2,1-2H3,(H,28,29)/b14-8+. The lowest BCUT2D eigenvalue weighted by molar-refractivity contribution is -0.152. The fraction of sp³-hybridized carbons (Fsp3) is 0.360. The average Bonchev–Trinajstić information content (AvgIpc) is 2.73. The van der Waals surface area contributed by atoms with Crippen molar-refractivity contribution in [1.29, 1.82) is 0 Å². The van der Waals surface area contributed by atoms with E-state index in [-0.39, 0.29) is 5.78 Å². The molecule has 0 bridgehead atoms. The maximum Gasteiger partial charge on any atom is 0.347 e. The molecule has 1 aliphatic carbocycles. The summed E-state index contributed by atoms with van der Waals surface area (Å²) in [5.41, 5.74) is 1.26. The van der Waals surface area contributed by atoms with Crippen LogP contribution in [0.15, 0.2) is 53.0 Å². The van der Waals surface area contributed by atoms with E-state index in [1.54, 1.807) is 32.1 Å². The Morgan fingerprint density at radius 3 is 2.37 bits per heavy atom. The number of carboxylic acids is 1. The van der Waals surface area contributed by atoms with Gasteiger partial charge < -0.3 is 9.84 Å². The molecule has 1 aliphatic rings. The summed E-state index contributed by atoms with van der Waals surface area (Å²) in [4.78, 5) is 24.0. The molecule has 0 amide bonds. The van der Waals surface area contributed by atoms with Gasteiger partial charge in [0.2, 0.25) is 0 Å². The van der Waals surface area contributed by atoms with Gasteiger partial charge in [-0.05, 0) is 86.2 Å². The highest BCUT2D eigenvalue weighted by Gasteiger charge is 2.31. The Hall–Kier alpha value is -2.40. The summed E-state index contributed by atoms with van der Waals surface area (Å²) in [5, 5.41) is 9.45. The topological polar surface area (TPSA) is 63.6 Å². The summed E-state index contributed by atoms with van der Waals surface area (Å²) >= 11 is 3.37. The first-order valence-corrected chi connectivity index (χ1v) is 11.1. The molecule has 0 aromatic heterocycles. The third-order valence-electron chi connectivity index (χ3n) is 5.51. The van der Waals surface area contributed by atoms with Crippen LogP contribution in [0.1, 0.15) is 73.4 Å². The van der Waals surface area contributed by atoms with Crippen molar-refractivity contribution in [3.63, 3.8) is 0 Å². The first-order chi connectivity index (χ1) is 14.3. The van der Waals surface area contributed by atoms with Crippen molar-refractivity contribution in [3.05, 3.63) is 69.7 Å². The van der Waals surface area contributed by atoms with E-state index in [0.29, 0.717) is 17.2 Å². The van der Waals surface area contributed by atoms with Crippen molar-refractivity contribution >= 4 is 33.8 Å². The molecule has 0 spiro atoms. The molecule has 0 heterocycles. The SMILES string of the molecule is CC(C)(Oc1ccc(/C=C/C(=O)c2ccc(Br)cc2)cc1C1CCCCC1)C(=O)O. The normalized spacial score (nSPS) is 15.3. The number of carboxylic acid groups (broad SMARTS) is 1. The minimum absolute atomic E-state index is 0.0611. The average molecular weight is 471 g/mol. The third-order valence-corrected chi connectivity index (χ3v) is 6.04. The van der Waals surface area contributed by atoms with Crippen LogP contribution in [-0.4, -0.2) is 22.5 Å². The summed E-state index contributed by atoms with van der Waals surface area (Å²) in [5.74, 6) is -0.102. The highest BCUT2D eigenvalue weighted by atomic mass is 79.9. The lowest BCUT2D eigenvalue weighted by Gasteiger charge is -2.28. The number of benzene rings is 2. The van der Waals surface area contributed by atoms with Gasteiger partial charge in [-0.2, -0.15) is 0 Å². The van der Waals surface area contributed by atoms with Crippen LogP contribution in [0.2, 0.25) is 0 Å². The number of hydrogen-bond acceptors (Lipinski definition) is 3. The molecule has 0 aliphatic heterocycles. The van der Waals surface area contributed by atoms with Gasteiger partial charge in [-0.15, -0.1) is 0 Å². The van der Waals surface area contributed by atoms with E-state index < -0.39 is 11.6 Å². The quantitative estimate of drug-likeness (QED) is 0.364. The monoisotopic (exact) mass is 470 g/mol. The molecule has 0 radical (unpaired) electrons. The molecule has 5 heteroatoms. The zero-order valence-electron chi connectivity index (χ0n) is 17.4. The first kappa shape index (κ1) is 22.3. The minimum atomic E-state index is -1.31. The zero-order chi connectivity index (χ0) is 21.7. The minimum Gasteiger partial charge on any atom is -0.478 e.